The SMILES string of the molecule is Cc1nc(C2CN(Cc3ccccc3)CC23CN(C(=O)Cc2cccnc2)C3)n[nH]1. The highest BCUT2D eigenvalue weighted by Crippen LogP contribution is 2.48. The zero-order valence-electron chi connectivity index (χ0n) is 17.2. The van der Waals surface area contributed by atoms with Gasteiger partial charge in [0.05, 0.1) is 6.42 Å². The Labute approximate surface area is 176 Å². The fourth-order valence-electron chi connectivity index (χ4n) is 4.91. The summed E-state index contributed by atoms with van der Waals surface area (Å²) in [5, 5.41) is 7.48. The van der Waals surface area contributed by atoms with E-state index in [-0.39, 0.29) is 17.2 Å². The predicted molar refractivity (Wildman–Crippen MR) is 113 cm³/mol. The van der Waals surface area contributed by atoms with Gasteiger partial charge in [-0.1, -0.05) is 36.4 Å². The molecule has 2 aromatic heterocycles. The van der Waals surface area contributed by atoms with Crippen molar-refractivity contribution in [1.29, 1.82) is 0 Å². The number of aromatic amines is 1. The Bertz CT molecular complexity index is 1010. The van der Waals surface area contributed by atoms with Gasteiger partial charge in [-0.15, -0.1) is 0 Å². The summed E-state index contributed by atoms with van der Waals surface area (Å²) in [5.74, 6) is 2.11. The van der Waals surface area contributed by atoms with Gasteiger partial charge < -0.3 is 4.90 Å². The lowest BCUT2D eigenvalue weighted by Gasteiger charge is -2.50. The van der Waals surface area contributed by atoms with E-state index < -0.39 is 0 Å². The van der Waals surface area contributed by atoms with Gasteiger partial charge in [0.25, 0.3) is 0 Å². The lowest BCUT2D eigenvalue weighted by Crippen LogP contribution is -2.62. The maximum Gasteiger partial charge on any atom is 0.227 e. The molecule has 0 saturated carbocycles. The average molecular weight is 403 g/mol. The average Bonchev–Trinajstić information content (AvgIpc) is 3.32. The molecule has 1 N–H and O–H groups in total. The van der Waals surface area contributed by atoms with Crippen LogP contribution in [0.3, 0.4) is 0 Å². The molecule has 0 radical (unpaired) electrons. The number of pyridine rings is 1. The molecule has 4 heterocycles. The smallest absolute Gasteiger partial charge is 0.227 e. The van der Waals surface area contributed by atoms with Crippen molar-refractivity contribution in [2.75, 3.05) is 26.2 Å². The summed E-state index contributed by atoms with van der Waals surface area (Å²) in [6.07, 6.45) is 3.90. The van der Waals surface area contributed by atoms with Crippen LogP contribution in [0.2, 0.25) is 0 Å². The molecule has 1 amide bonds. The van der Waals surface area contributed by atoms with E-state index in [1.807, 2.05) is 30.0 Å². The number of likely N-dealkylation sites (tertiary alicyclic amines) is 2. The van der Waals surface area contributed by atoms with Crippen molar-refractivity contribution in [3.63, 3.8) is 0 Å². The van der Waals surface area contributed by atoms with E-state index >= 15 is 0 Å². The highest BCUT2D eigenvalue weighted by molar-refractivity contribution is 5.79. The van der Waals surface area contributed by atoms with Gasteiger partial charge in [0.15, 0.2) is 5.82 Å². The monoisotopic (exact) mass is 402 g/mol. The largest absolute Gasteiger partial charge is 0.341 e. The first-order chi connectivity index (χ1) is 14.6. The molecule has 5 rings (SSSR count). The highest BCUT2D eigenvalue weighted by atomic mass is 16.2. The molecule has 1 aromatic carbocycles. The minimum Gasteiger partial charge on any atom is -0.341 e. The van der Waals surface area contributed by atoms with Crippen LogP contribution in [-0.2, 0) is 17.8 Å². The Balaban J connectivity index is 1.31. The number of amides is 1. The molecule has 2 saturated heterocycles. The zero-order chi connectivity index (χ0) is 20.6. The standard InChI is InChI=1S/C23H26N6O/c1-17-25-22(27-26-17)20-13-28(12-18-6-3-2-4-7-18)14-23(20)15-29(16-23)21(30)10-19-8-5-9-24-11-19/h2-9,11,20H,10,12-16H2,1H3,(H,25,26,27). The topological polar surface area (TPSA) is 78.0 Å². The van der Waals surface area contributed by atoms with Crippen LogP contribution >= 0.6 is 0 Å². The third-order valence-electron chi connectivity index (χ3n) is 6.34. The van der Waals surface area contributed by atoms with Crippen molar-refractivity contribution in [2.45, 2.75) is 25.8 Å². The number of aromatic nitrogens is 4. The van der Waals surface area contributed by atoms with Gasteiger partial charge in [-0.2, -0.15) is 5.10 Å². The number of rotatable bonds is 5. The summed E-state index contributed by atoms with van der Waals surface area (Å²) in [7, 11) is 0. The normalized spacial score (nSPS) is 20.4. The van der Waals surface area contributed by atoms with Crippen LogP contribution in [0.5, 0.6) is 0 Å². The number of carbonyl (C=O) groups excluding carboxylic acids is 1. The first-order valence-electron chi connectivity index (χ1n) is 10.4. The number of nitrogens with one attached hydrogen (secondary N) is 1. The summed E-state index contributed by atoms with van der Waals surface area (Å²) in [5.41, 5.74) is 2.29. The maximum atomic E-state index is 12.8. The van der Waals surface area contributed by atoms with Crippen LogP contribution in [0.25, 0.3) is 0 Å². The van der Waals surface area contributed by atoms with E-state index in [9.17, 15) is 4.79 Å². The molecular formula is C23H26N6O. The van der Waals surface area contributed by atoms with Crippen LogP contribution in [0, 0.1) is 12.3 Å². The van der Waals surface area contributed by atoms with Crippen LogP contribution in [0.4, 0.5) is 0 Å². The second-order valence-electron chi connectivity index (χ2n) is 8.64. The molecule has 1 atom stereocenters. The lowest BCUT2D eigenvalue weighted by atomic mass is 9.71. The molecule has 1 spiro atoms. The Hall–Kier alpha value is -3.06. The molecule has 0 bridgehead atoms. The fourth-order valence-corrected chi connectivity index (χ4v) is 4.91. The van der Waals surface area contributed by atoms with Crippen LogP contribution in [0.1, 0.15) is 28.7 Å². The molecule has 2 fully saturated rings. The van der Waals surface area contributed by atoms with E-state index in [2.05, 4.69) is 49.3 Å². The van der Waals surface area contributed by atoms with Crippen molar-refractivity contribution in [3.05, 3.63) is 77.6 Å². The molecule has 2 aliphatic heterocycles. The molecule has 30 heavy (non-hydrogen) atoms. The van der Waals surface area contributed by atoms with Gasteiger partial charge in [0.1, 0.15) is 5.82 Å². The van der Waals surface area contributed by atoms with Crippen molar-refractivity contribution >= 4 is 5.91 Å². The molecule has 1 unspecified atom stereocenters. The lowest BCUT2D eigenvalue weighted by molar-refractivity contribution is -0.142. The molecule has 7 heteroatoms. The van der Waals surface area contributed by atoms with E-state index in [0.717, 1.165) is 49.9 Å². The highest BCUT2D eigenvalue weighted by Gasteiger charge is 2.56. The van der Waals surface area contributed by atoms with Gasteiger partial charge in [0.2, 0.25) is 5.91 Å². The molecule has 7 nitrogen and oxygen atoms in total. The number of aryl methyl sites for hydroxylation is 1. The molecule has 154 valence electrons. The summed E-state index contributed by atoms with van der Waals surface area (Å²) >= 11 is 0. The van der Waals surface area contributed by atoms with Gasteiger partial charge in [-0.3, -0.25) is 19.8 Å². The minimum atomic E-state index is 0.0218. The fraction of sp³-hybridized carbons (Fsp3) is 0.391. The molecule has 2 aliphatic rings. The second-order valence-corrected chi connectivity index (χ2v) is 8.64. The first-order valence-corrected chi connectivity index (χ1v) is 10.4. The summed E-state index contributed by atoms with van der Waals surface area (Å²) < 4.78 is 0. The molecule has 0 aliphatic carbocycles. The zero-order valence-corrected chi connectivity index (χ0v) is 17.2. The molecule has 3 aromatic rings. The van der Waals surface area contributed by atoms with E-state index in [4.69, 9.17) is 0 Å². The number of hydrogen-bond acceptors (Lipinski definition) is 5. The predicted octanol–water partition coefficient (Wildman–Crippen LogP) is 2.18. The van der Waals surface area contributed by atoms with E-state index in [0.29, 0.717) is 6.42 Å². The number of carbonyl (C=O) groups is 1. The Morgan fingerprint density at radius 1 is 1.13 bits per heavy atom. The first kappa shape index (κ1) is 18.9. The number of nitrogens with zero attached hydrogens (tertiary/aromatic N) is 5. The number of hydrogen-bond donors (Lipinski definition) is 1. The second kappa shape index (κ2) is 7.65. The third kappa shape index (κ3) is 3.61. The number of H-pyrrole nitrogens is 1. The summed E-state index contributed by atoms with van der Waals surface area (Å²) in [6.45, 7) is 6.23. The van der Waals surface area contributed by atoms with Crippen molar-refractivity contribution in [2.24, 2.45) is 5.41 Å². The van der Waals surface area contributed by atoms with Crippen LogP contribution in [0.15, 0.2) is 54.9 Å². The van der Waals surface area contributed by atoms with Crippen molar-refractivity contribution < 1.29 is 4.79 Å². The summed E-state index contributed by atoms with van der Waals surface area (Å²) in [6, 6.07) is 14.4. The van der Waals surface area contributed by atoms with E-state index in [1.54, 1.807) is 12.4 Å². The van der Waals surface area contributed by atoms with Gasteiger partial charge in [-0.05, 0) is 24.1 Å². The van der Waals surface area contributed by atoms with Crippen LogP contribution in [-0.4, -0.2) is 62.1 Å². The number of benzene rings is 1. The third-order valence-corrected chi connectivity index (χ3v) is 6.34. The van der Waals surface area contributed by atoms with Gasteiger partial charge in [-0.25, -0.2) is 4.98 Å². The van der Waals surface area contributed by atoms with Crippen LogP contribution < -0.4 is 0 Å². The van der Waals surface area contributed by atoms with E-state index in [1.165, 1.54) is 5.56 Å². The van der Waals surface area contributed by atoms with Crippen molar-refractivity contribution in [3.8, 4) is 0 Å². The van der Waals surface area contributed by atoms with Gasteiger partial charge >= 0.3 is 0 Å². The Morgan fingerprint density at radius 2 is 1.93 bits per heavy atom. The quantitative estimate of drug-likeness (QED) is 0.708. The minimum absolute atomic E-state index is 0.0218. The molecular weight excluding hydrogens is 376 g/mol. The Morgan fingerprint density at radius 3 is 2.63 bits per heavy atom. The van der Waals surface area contributed by atoms with Crippen molar-refractivity contribution in [1.82, 2.24) is 30.0 Å². The Kier molecular flexibility index (Phi) is 4.83. The maximum absolute atomic E-state index is 12.8. The summed E-state index contributed by atoms with van der Waals surface area (Å²) in [4.78, 5) is 26.0. The van der Waals surface area contributed by atoms with Gasteiger partial charge in [0, 0.05) is 56.5 Å².